The van der Waals surface area contributed by atoms with Gasteiger partial charge >= 0.3 is 0 Å². The summed E-state index contributed by atoms with van der Waals surface area (Å²) in [5, 5.41) is 3.59. The second kappa shape index (κ2) is 8.59. The predicted octanol–water partition coefficient (Wildman–Crippen LogP) is 4.23. The van der Waals surface area contributed by atoms with E-state index in [-0.39, 0.29) is 0 Å². The highest BCUT2D eigenvalue weighted by Gasteiger charge is 2.18. The van der Waals surface area contributed by atoms with Crippen LogP contribution in [0.15, 0.2) is 0 Å². The lowest BCUT2D eigenvalue weighted by Crippen LogP contribution is -2.31. The zero-order valence-electron chi connectivity index (χ0n) is 12.7. The Morgan fingerprint density at radius 2 is 1.88 bits per heavy atom. The van der Waals surface area contributed by atoms with E-state index in [1.54, 1.807) is 0 Å². The van der Waals surface area contributed by atoms with Crippen molar-refractivity contribution in [2.75, 3.05) is 6.54 Å². The monoisotopic (exact) mass is 237 g/mol. The molecule has 0 fully saturated rings. The predicted molar refractivity (Wildman–Crippen MR) is 78.0 cm³/mol. The summed E-state index contributed by atoms with van der Waals surface area (Å²) in [6.45, 7) is 14.5. The Bertz CT molecular complexity index is 238. The molecule has 0 spiro atoms. The van der Waals surface area contributed by atoms with E-state index in [2.05, 4.69) is 51.8 Å². The fourth-order valence-corrected chi connectivity index (χ4v) is 2.58. The Morgan fingerprint density at radius 1 is 1.24 bits per heavy atom. The van der Waals surface area contributed by atoms with Crippen molar-refractivity contribution in [2.24, 2.45) is 11.3 Å². The van der Waals surface area contributed by atoms with Crippen molar-refractivity contribution in [3.63, 3.8) is 0 Å². The third-order valence-corrected chi connectivity index (χ3v) is 2.94. The topological polar surface area (TPSA) is 12.0 Å². The fourth-order valence-electron chi connectivity index (χ4n) is 2.58. The van der Waals surface area contributed by atoms with Crippen molar-refractivity contribution < 1.29 is 0 Å². The molecule has 17 heavy (non-hydrogen) atoms. The molecule has 0 aromatic rings. The van der Waals surface area contributed by atoms with Gasteiger partial charge in [-0.3, -0.25) is 0 Å². The van der Waals surface area contributed by atoms with Gasteiger partial charge < -0.3 is 5.32 Å². The molecule has 0 saturated heterocycles. The third-order valence-electron chi connectivity index (χ3n) is 2.94. The second-order valence-corrected chi connectivity index (χ2v) is 6.33. The van der Waals surface area contributed by atoms with E-state index in [1.807, 2.05) is 6.92 Å². The maximum Gasteiger partial charge on any atom is 0.0103 e. The quantitative estimate of drug-likeness (QED) is 0.653. The van der Waals surface area contributed by atoms with Crippen LogP contribution >= 0.6 is 0 Å². The largest absolute Gasteiger partial charge is 0.314 e. The molecule has 1 heteroatoms. The summed E-state index contributed by atoms with van der Waals surface area (Å²) in [6, 6.07) is 0.637. The Morgan fingerprint density at radius 3 is 2.35 bits per heavy atom. The van der Waals surface area contributed by atoms with Crippen molar-refractivity contribution in [1.82, 2.24) is 5.32 Å². The highest BCUT2D eigenvalue weighted by atomic mass is 14.9. The molecule has 0 aliphatic heterocycles. The van der Waals surface area contributed by atoms with Gasteiger partial charge in [0.25, 0.3) is 0 Å². The van der Waals surface area contributed by atoms with E-state index in [9.17, 15) is 0 Å². The second-order valence-electron chi connectivity index (χ2n) is 6.33. The van der Waals surface area contributed by atoms with Crippen LogP contribution in [0.4, 0.5) is 0 Å². The smallest absolute Gasteiger partial charge is 0.0103 e. The van der Waals surface area contributed by atoms with Crippen molar-refractivity contribution in [2.45, 2.75) is 73.3 Å². The molecular weight excluding hydrogens is 206 g/mol. The summed E-state index contributed by atoms with van der Waals surface area (Å²) in [5.41, 5.74) is 0.444. The van der Waals surface area contributed by atoms with Crippen LogP contribution in [0.5, 0.6) is 0 Å². The molecule has 0 aliphatic carbocycles. The van der Waals surface area contributed by atoms with Crippen LogP contribution in [0.3, 0.4) is 0 Å². The Hall–Kier alpha value is -0.480. The van der Waals surface area contributed by atoms with Crippen molar-refractivity contribution in [1.29, 1.82) is 0 Å². The Kier molecular flexibility index (Phi) is 8.35. The average molecular weight is 237 g/mol. The first kappa shape index (κ1) is 16.5. The number of nitrogens with one attached hydrogen (secondary N) is 1. The van der Waals surface area contributed by atoms with Crippen LogP contribution in [0.25, 0.3) is 0 Å². The molecule has 0 amide bonds. The Balaban J connectivity index is 4.07. The van der Waals surface area contributed by atoms with Crippen LogP contribution < -0.4 is 5.32 Å². The minimum atomic E-state index is 0.444. The maximum atomic E-state index is 3.59. The molecule has 100 valence electrons. The number of rotatable bonds is 7. The molecule has 1 nitrogen and oxygen atoms in total. The SMILES string of the molecule is CC#CCCC(CC(C)CC(C)(C)C)NCC. The van der Waals surface area contributed by atoms with Crippen LogP contribution in [0.1, 0.15) is 67.2 Å². The zero-order valence-corrected chi connectivity index (χ0v) is 12.7. The van der Waals surface area contributed by atoms with Gasteiger partial charge in [0.15, 0.2) is 0 Å². The highest BCUT2D eigenvalue weighted by Crippen LogP contribution is 2.27. The van der Waals surface area contributed by atoms with E-state index >= 15 is 0 Å². The number of hydrogen-bond acceptors (Lipinski definition) is 1. The van der Waals surface area contributed by atoms with Gasteiger partial charge in [0.05, 0.1) is 0 Å². The summed E-state index contributed by atoms with van der Waals surface area (Å²) in [4.78, 5) is 0. The fraction of sp³-hybridized carbons (Fsp3) is 0.875. The molecule has 2 unspecified atom stereocenters. The van der Waals surface area contributed by atoms with Gasteiger partial charge in [-0.05, 0) is 44.1 Å². The van der Waals surface area contributed by atoms with Gasteiger partial charge in [-0.25, -0.2) is 0 Å². The maximum absolute atomic E-state index is 3.59. The molecule has 0 radical (unpaired) electrons. The van der Waals surface area contributed by atoms with Gasteiger partial charge in [-0.1, -0.05) is 34.6 Å². The van der Waals surface area contributed by atoms with Crippen LogP contribution in [-0.2, 0) is 0 Å². The first-order valence-corrected chi connectivity index (χ1v) is 7.02. The molecule has 2 atom stereocenters. The summed E-state index contributed by atoms with van der Waals surface area (Å²) in [5.74, 6) is 6.93. The van der Waals surface area contributed by atoms with Gasteiger partial charge in [0, 0.05) is 12.5 Å². The molecule has 0 saturated carbocycles. The van der Waals surface area contributed by atoms with Crippen molar-refractivity contribution >= 4 is 0 Å². The van der Waals surface area contributed by atoms with E-state index in [0.717, 1.165) is 18.9 Å². The zero-order chi connectivity index (χ0) is 13.3. The lowest BCUT2D eigenvalue weighted by atomic mass is 9.82. The van der Waals surface area contributed by atoms with Gasteiger partial charge in [0.2, 0.25) is 0 Å². The summed E-state index contributed by atoms with van der Waals surface area (Å²) in [6.07, 6.45) is 4.78. The summed E-state index contributed by atoms with van der Waals surface area (Å²) in [7, 11) is 0. The van der Waals surface area contributed by atoms with E-state index in [1.165, 1.54) is 19.3 Å². The Labute approximate surface area is 109 Å². The normalized spacial score (nSPS) is 14.9. The summed E-state index contributed by atoms with van der Waals surface area (Å²) >= 11 is 0. The molecule has 0 rings (SSSR count). The minimum absolute atomic E-state index is 0.444. The minimum Gasteiger partial charge on any atom is -0.314 e. The molecular formula is C16H31N. The van der Waals surface area contributed by atoms with Crippen LogP contribution in [0, 0.1) is 23.2 Å². The first-order valence-electron chi connectivity index (χ1n) is 7.02. The van der Waals surface area contributed by atoms with Crippen molar-refractivity contribution in [3.05, 3.63) is 0 Å². The van der Waals surface area contributed by atoms with Crippen molar-refractivity contribution in [3.8, 4) is 11.8 Å². The molecule has 1 N–H and O–H groups in total. The first-order chi connectivity index (χ1) is 7.89. The lowest BCUT2D eigenvalue weighted by Gasteiger charge is -2.27. The van der Waals surface area contributed by atoms with Crippen LogP contribution in [0.2, 0.25) is 0 Å². The molecule has 0 aliphatic rings. The third kappa shape index (κ3) is 10.4. The van der Waals surface area contributed by atoms with Gasteiger partial charge in [0.1, 0.15) is 0 Å². The van der Waals surface area contributed by atoms with Crippen LogP contribution in [-0.4, -0.2) is 12.6 Å². The van der Waals surface area contributed by atoms with E-state index < -0.39 is 0 Å². The lowest BCUT2D eigenvalue weighted by molar-refractivity contribution is 0.272. The molecule has 0 bridgehead atoms. The molecule has 0 aromatic heterocycles. The highest BCUT2D eigenvalue weighted by molar-refractivity contribution is 4.95. The van der Waals surface area contributed by atoms with Gasteiger partial charge in [-0.15, -0.1) is 11.8 Å². The van der Waals surface area contributed by atoms with E-state index in [4.69, 9.17) is 0 Å². The summed E-state index contributed by atoms with van der Waals surface area (Å²) < 4.78 is 0. The standard InChI is InChI=1S/C16H31N/c1-7-9-10-11-15(17-8-2)12-14(3)13-16(4,5)6/h14-15,17H,8,10-13H2,1-6H3. The molecule has 0 aromatic carbocycles. The average Bonchev–Trinajstić information content (AvgIpc) is 2.15. The number of hydrogen-bond donors (Lipinski definition) is 1. The van der Waals surface area contributed by atoms with E-state index in [0.29, 0.717) is 11.5 Å². The molecule has 0 heterocycles. The van der Waals surface area contributed by atoms with Gasteiger partial charge in [-0.2, -0.15) is 0 Å².